The van der Waals surface area contributed by atoms with E-state index in [1.54, 1.807) is 4.90 Å². The molecule has 0 aliphatic carbocycles. The summed E-state index contributed by atoms with van der Waals surface area (Å²) in [6, 6.07) is 22.6. The highest BCUT2D eigenvalue weighted by molar-refractivity contribution is 8.27. The lowest BCUT2D eigenvalue weighted by atomic mass is 10.1. The molecule has 0 bridgehead atoms. The van der Waals surface area contributed by atoms with Crippen molar-refractivity contribution in [3.05, 3.63) is 82.8 Å². The highest BCUT2D eigenvalue weighted by atomic mass is 32.2. The van der Waals surface area contributed by atoms with Crippen LogP contribution in [0.5, 0.6) is 0 Å². The molecule has 0 saturated carbocycles. The standard InChI is InChI=1S/C24H18N2OS2/c1-15-7-10-17(11-8-15)26-23(27)22(29-24(26)28)14-16-9-12-19-18-5-3-4-6-20(18)25(2)21(19)13-16/h3-14H,1-2H3/b22-14-. The van der Waals surface area contributed by atoms with Crippen LogP contribution in [-0.4, -0.2) is 14.8 Å². The van der Waals surface area contributed by atoms with Crippen LogP contribution in [0, 0.1) is 6.92 Å². The maximum Gasteiger partial charge on any atom is 0.270 e. The summed E-state index contributed by atoms with van der Waals surface area (Å²) in [5.74, 6) is -0.0685. The summed E-state index contributed by atoms with van der Waals surface area (Å²) in [6.07, 6.45) is 1.94. The Labute approximate surface area is 178 Å². The van der Waals surface area contributed by atoms with Gasteiger partial charge in [0.15, 0.2) is 4.32 Å². The number of amides is 1. The zero-order chi connectivity index (χ0) is 20.1. The topological polar surface area (TPSA) is 25.2 Å². The van der Waals surface area contributed by atoms with Crippen molar-refractivity contribution in [1.29, 1.82) is 0 Å². The van der Waals surface area contributed by atoms with E-state index in [1.165, 1.54) is 28.1 Å². The van der Waals surface area contributed by atoms with Crippen LogP contribution in [0.2, 0.25) is 0 Å². The summed E-state index contributed by atoms with van der Waals surface area (Å²) >= 11 is 6.84. The number of rotatable bonds is 2. The number of thioether (sulfide) groups is 1. The lowest BCUT2D eigenvalue weighted by molar-refractivity contribution is -0.113. The molecule has 5 rings (SSSR count). The molecule has 0 N–H and O–H groups in total. The lowest BCUT2D eigenvalue weighted by Gasteiger charge is -2.14. The fourth-order valence-electron chi connectivity index (χ4n) is 3.80. The number of hydrogen-bond acceptors (Lipinski definition) is 3. The van der Waals surface area contributed by atoms with Crippen LogP contribution in [0.3, 0.4) is 0 Å². The van der Waals surface area contributed by atoms with Gasteiger partial charge in [-0.2, -0.15) is 0 Å². The summed E-state index contributed by atoms with van der Waals surface area (Å²) in [6.45, 7) is 2.02. The largest absolute Gasteiger partial charge is 0.344 e. The number of anilines is 1. The number of nitrogens with zero attached hydrogens (tertiary/aromatic N) is 2. The molecule has 0 radical (unpaired) electrons. The number of benzene rings is 3. The molecule has 0 spiro atoms. The van der Waals surface area contributed by atoms with Crippen molar-refractivity contribution in [2.24, 2.45) is 7.05 Å². The number of carbonyl (C=O) groups excluding carboxylic acids is 1. The summed E-state index contributed by atoms with van der Waals surface area (Å²) in [4.78, 5) is 15.3. The molecule has 0 unspecified atom stereocenters. The Hall–Kier alpha value is -2.89. The maximum atomic E-state index is 13.0. The molecule has 142 valence electrons. The molecule has 29 heavy (non-hydrogen) atoms. The molecular formula is C24H18N2OS2. The van der Waals surface area contributed by atoms with Crippen molar-refractivity contribution in [3.63, 3.8) is 0 Å². The van der Waals surface area contributed by atoms with E-state index in [-0.39, 0.29) is 5.91 Å². The van der Waals surface area contributed by atoms with E-state index in [1.807, 2.05) is 37.3 Å². The average molecular weight is 415 g/mol. The first-order chi connectivity index (χ1) is 14.0. The summed E-state index contributed by atoms with van der Waals surface area (Å²) in [5.41, 5.74) is 5.30. The molecule has 1 aromatic heterocycles. The molecule has 2 heterocycles. The minimum Gasteiger partial charge on any atom is -0.344 e. The zero-order valence-corrected chi connectivity index (χ0v) is 17.7. The fraction of sp³-hybridized carbons (Fsp3) is 0.0833. The second kappa shape index (κ2) is 6.87. The van der Waals surface area contributed by atoms with Gasteiger partial charge in [0, 0.05) is 28.9 Å². The Bertz CT molecular complexity index is 1330. The average Bonchev–Trinajstić information content (AvgIpc) is 3.17. The van der Waals surface area contributed by atoms with Gasteiger partial charge in [-0.25, -0.2) is 0 Å². The van der Waals surface area contributed by atoms with Gasteiger partial charge in [-0.15, -0.1) is 0 Å². The first-order valence-electron chi connectivity index (χ1n) is 9.35. The monoisotopic (exact) mass is 414 g/mol. The van der Waals surface area contributed by atoms with Crippen LogP contribution in [0.25, 0.3) is 27.9 Å². The molecule has 0 atom stereocenters. The maximum absolute atomic E-state index is 13.0. The number of thiocarbonyl (C=S) groups is 1. The quantitative estimate of drug-likeness (QED) is 0.295. The molecule has 5 heteroatoms. The highest BCUT2D eigenvalue weighted by Crippen LogP contribution is 2.37. The molecule has 1 fully saturated rings. The van der Waals surface area contributed by atoms with Gasteiger partial charge in [0.2, 0.25) is 0 Å². The van der Waals surface area contributed by atoms with Gasteiger partial charge in [0.05, 0.1) is 10.6 Å². The molecule has 4 aromatic rings. The number of aryl methyl sites for hydroxylation is 2. The van der Waals surface area contributed by atoms with Crippen molar-refractivity contribution < 1.29 is 4.79 Å². The van der Waals surface area contributed by atoms with E-state index >= 15 is 0 Å². The zero-order valence-electron chi connectivity index (χ0n) is 16.0. The molecular weight excluding hydrogens is 396 g/mol. The van der Waals surface area contributed by atoms with E-state index in [2.05, 4.69) is 54.1 Å². The van der Waals surface area contributed by atoms with Crippen molar-refractivity contribution in [1.82, 2.24) is 4.57 Å². The first-order valence-corrected chi connectivity index (χ1v) is 10.6. The molecule has 1 saturated heterocycles. The normalized spacial score (nSPS) is 15.9. The van der Waals surface area contributed by atoms with Crippen LogP contribution >= 0.6 is 24.0 Å². The van der Waals surface area contributed by atoms with Gasteiger partial charge in [0.1, 0.15) is 0 Å². The van der Waals surface area contributed by atoms with E-state index in [0.29, 0.717) is 9.23 Å². The Kier molecular flexibility index (Phi) is 4.30. The molecule has 1 aliphatic rings. The summed E-state index contributed by atoms with van der Waals surface area (Å²) in [7, 11) is 2.07. The number of hydrogen-bond donors (Lipinski definition) is 0. The summed E-state index contributed by atoms with van der Waals surface area (Å²) in [5, 5.41) is 2.45. The number of aromatic nitrogens is 1. The predicted octanol–water partition coefficient (Wildman–Crippen LogP) is 6.05. The minimum atomic E-state index is -0.0685. The van der Waals surface area contributed by atoms with E-state index in [0.717, 1.165) is 22.3 Å². The minimum absolute atomic E-state index is 0.0685. The highest BCUT2D eigenvalue weighted by Gasteiger charge is 2.33. The Morgan fingerprint density at radius 3 is 2.45 bits per heavy atom. The first kappa shape index (κ1) is 18.2. The van der Waals surface area contributed by atoms with Crippen molar-refractivity contribution in [2.45, 2.75) is 6.92 Å². The molecule has 1 amide bonds. The number of fused-ring (bicyclic) bond motifs is 3. The number of para-hydroxylation sites is 1. The van der Waals surface area contributed by atoms with Gasteiger partial charge < -0.3 is 4.57 Å². The van der Waals surface area contributed by atoms with Crippen molar-refractivity contribution in [2.75, 3.05) is 4.90 Å². The lowest BCUT2D eigenvalue weighted by Crippen LogP contribution is -2.27. The third-order valence-corrected chi connectivity index (χ3v) is 6.62. The predicted molar refractivity (Wildman–Crippen MR) is 127 cm³/mol. The second-order valence-corrected chi connectivity index (χ2v) is 8.88. The van der Waals surface area contributed by atoms with Gasteiger partial charge in [-0.3, -0.25) is 9.69 Å². The number of carbonyl (C=O) groups is 1. The van der Waals surface area contributed by atoms with Gasteiger partial charge in [-0.05, 0) is 42.8 Å². The molecule has 3 aromatic carbocycles. The van der Waals surface area contributed by atoms with E-state index in [4.69, 9.17) is 12.2 Å². The molecule has 1 aliphatic heterocycles. The van der Waals surface area contributed by atoms with Crippen LogP contribution in [0.1, 0.15) is 11.1 Å². The van der Waals surface area contributed by atoms with E-state index in [9.17, 15) is 4.79 Å². The second-order valence-electron chi connectivity index (χ2n) is 7.21. The molecule has 3 nitrogen and oxygen atoms in total. The van der Waals surface area contributed by atoms with Gasteiger partial charge in [0.25, 0.3) is 5.91 Å². The smallest absolute Gasteiger partial charge is 0.270 e. The summed E-state index contributed by atoms with van der Waals surface area (Å²) < 4.78 is 2.76. The van der Waals surface area contributed by atoms with Crippen molar-refractivity contribution >= 4 is 67.8 Å². The van der Waals surface area contributed by atoms with Gasteiger partial charge >= 0.3 is 0 Å². The van der Waals surface area contributed by atoms with Crippen LogP contribution in [0.15, 0.2) is 71.6 Å². The van der Waals surface area contributed by atoms with Crippen molar-refractivity contribution in [3.8, 4) is 0 Å². The van der Waals surface area contributed by atoms with E-state index < -0.39 is 0 Å². The Morgan fingerprint density at radius 2 is 1.66 bits per heavy atom. The third kappa shape index (κ3) is 2.98. The Morgan fingerprint density at radius 1 is 0.931 bits per heavy atom. The Balaban J connectivity index is 1.55. The van der Waals surface area contributed by atoms with Crippen LogP contribution < -0.4 is 4.90 Å². The van der Waals surface area contributed by atoms with Gasteiger partial charge in [-0.1, -0.05) is 72.0 Å². The van der Waals surface area contributed by atoms with Crippen LogP contribution in [-0.2, 0) is 11.8 Å². The third-order valence-electron chi connectivity index (χ3n) is 5.32. The van der Waals surface area contributed by atoms with Crippen LogP contribution in [0.4, 0.5) is 5.69 Å². The fourth-order valence-corrected chi connectivity index (χ4v) is 5.10. The SMILES string of the molecule is Cc1ccc(N2C(=O)/C(=C/c3ccc4c5ccccc5n(C)c4c3)SC2=S)cc1.